The van der Waals surface area contributed by atoms with Gasteiger partial charge in [0.1, 0.15) is 0 Å². The summed E-state index contributed by atoms with van der Waals surface area (Å²) >= 11 is 1.92. The van der Waals surface area contributed by atoms with Crippen LogP contribution in [-0.2, 0) is 4.79 Å². The fraction of sp³-hybridized carbons (Fsp3) is 0.929. The van der Waals surface area contributed by atoms with Crippen LogP contribution in [0.25, 0.3) is 0 Å². The van der Waals surface area contributed by atoms with Crippen molar-refractivity contribution in [3.63, 3.8) is 0 Å². The lowest BCUT2D eigenvalue weighted by Gasteiger charge is -2.17. The fourth-order valence-electron chi connectivity index (χ4n) is 2.51. The highest BCUT2D eigenvalue weighted by Gasteiger charge is 2.26. The Labute approximate surface area is 116 Å². The monoisotopic (exact) mass is 272 g/mol. The summed E-state index contributed by atoms with van der Waals surface area (Å²) in [5.74, 6) is 0.350. The van der Waals surface area contributed by atoms with E-state index in [1.165, 1.54) is 6.42 Å². The molecule has 1 aliphatic carbocycles. The van der Waals surface area contributed by atoms with Gasteiger partial charge in [-0.1, -0.05) is 13.3 Å². The number of hydrogen-bond donors (Lipinski definition) is 2. The van der Waals surface area contributed by atoms with E-state index >= 15 is 0 Å². The molecule has 0 heterocycles. The first-order valence-electron chi connectivity index (χ1n) is 7.11. The van der Waals surface area contributed by atoms with Crippen molar-refractivity contribution < 1.29 is 4.79 Å². The Morgan fingerprint density at radius 1 is 1.39 bits per heavy atom. The van der Waals surface area contributed by atoms with Crippen molar-refractivity contribution in [3.8, 4) is 0 Å². The van der Waals surface area contributed by atoms with Crippen LogP contribution in [0.1, 0.15) is 52.4 Å². The third-order valence-corrected chi connectivity index (χ3v) is 4.90. The lowest BCUT2D eigenvalue weighted by atomic mass is 10.0. The maximum atomic E-state index is 12.0. The van der Waals surface area contributed by atoms with Crippen molar-refractivity contribution in [1.29, 1.82) is 0 Å². The number of amides is 1. The average molecular weight is 272 g/mol. The Morgan fingerprint density at radius 3 is 2.67 bits per heavy atom. The first kappa shape index (κ1) is 15.8. The second kappa shape index (κ2) is 8.05. The van der Waals surface area contributed by atoms with Crippen LogP contribution in [0.2, 0.25) is 0 Å². The summed E-state index contributed by atoms with van der Waals surface area (Å²) in [4.78, 5) is 12.0. The molecule has 4 atom stereocenters. The summed E-state index contributed by atoms with van der Waals surface area (Å²) in [7, 11) is 0. The van der Waals surface area contributed by atoms with Crippen LogP contribution in [0.3, 0.4) is 0 Å². The molecule has 0 spiro atoms. The van der Waals surface area contributed by atoms with Crippen molar-refractivity contribution in [2.24, 2.45) is 11.7 Å². The summed E-state index contributed by atoms with van der Waals surface area (Å²) in [5, 5.41) is 3.94. The van der Waals surface area contributed by atoms with Gasteiger partial charge in [-0.3, -0.25) is 4.79 Å². The summed E-state index contributed by atoms with van der Waals surface area (Å²) in [6.07, 6.45) is 8.69. The van der Waals surface area contributed by atoms with Crippen LogP contribution in [0.15, 0.2) is 0 Å². The smallest absolute Gasteiger partial charge is 0.223 e. The first-order chi connectivity index (χ1) is 8.52. The number of carbonyl (C=O) groups is 1. The first-order valence-corrected chi connectivity index (χ1v) is 8.40. The fourth-order valence-corrected chi connectivity index (χ4v) is 3.30. The zero-order valence-corrected chi connectivity index (χ0v) is 12.8. The van der Waals surface area contributed by atoms with E-state index in [1.807, 2.05) is 25.6 Å². The predicted molar refractivity (Wildman–Crippen MR) is 79.7 cm³/mol. The van der Waals surface area contributed by atoms with E-state index in [0.29, 0.717) is 6.04 Å². The van der Waals surface area contributed by atoms with E-state index < -0.39 is 0 Å². The molecule has 3 N–H and O–H groups in total. The van der Waals surface area contributed by atoms with E-state index in [2.05, 4.69) is 11.6 Å². The molecule has 1 aliphatic rings. The SMILES string of the molecule is CSC1CCC(NC(=O)C(C)CCCC(C)N)C1. The van der Waals surface area contributed by atoms with Crippen molar-refractivity contribution in [1.82, 2.24) is 5.32 Å². The van der Waals surface area contributed by atoms with Crippen LogP contribution in [0.5, 0.6) is 0 Å². The molecule has 0 aliphatic heterocycles. The van der Waals surface area contributed by atoms with Crippen LogP contribution >= 0.6 is 11.8 Å². The highest BCUT2D eigenvalue weighted by atomic mass is 32.2. The van der Waals surface area contributed by atoms with Gasteiger partial charge in [0.2, 0.25) is 5.91 Å². The van der Waals surface area contributed by atoms with Gasteiger partial charge in [-0.05, 0) is 45.3 Å². The van der Waals surface area contributed by atoms with Crippen molar-refractivity contribution in [3.05, 3.63) is 0 Å². The summed E-state index contributed by atoms with van der Waals surface area (Å²) in [5.41, 5.74) is 5.71. The predicted octanol–water partition coefficient (Wildman–Crippen LogP) is 2.54. The van der Waals surface area contributed by atoms with E-state index in [9.17, 15) is 4.79 Å². The molecule has 1 amide bonds. The molecule has 0 bridgehead atoms. The molecule has 1 saturated carbocycles. The molecule has 106 valence electrons. The van der Waals surface area contributed by atoms with Crippen molar-refractivity contribution in [2.75, 3.05) is 6.26 Å². The molecule has 4 unspecified atom stereocenters. The maximum absolute atomic E-state index is 12.0. The molecule has 4 heteroatoms. The Bertz CT molecular complexity index is 258. The Kier molecular flexibility index (Phi) is 7.08. The molecule has 0 aromatic carbocycles. The van der Waals surface area contributed by atoms with Gasteiger partial charge in [0, 0.05) is 23.3 Å². The minimum atomic E-state index is 0.122. The number of hydrogen-bond acceptors (Lipinski definition) is 3. The maximum Gasteiger partial charge on any atom is 0.223 e. The molecule has 0 aromatic heterocycles. The number of carbonyl (C=O) groups excluding carboxylic acids is 1. The Hall–Kier alpha value is -0.220. The Morgan fingerprint density at radius 2 is 2.11 bits per heavy atom. The van der Waals surface area contributed by atoms with Gasteiger partial charge in [0.25, 0.3) is 0 Å². The number of thioether (sulfide) groups is 1. The molecule has 18 heavy (non-hydrogen) atoms. The van der Waals surface area contributed by atoms with Crippen LogP contribution in [-0.4, -0.2) is 29.5 Å². The zero-order chi connectivity index (χ0) is 13.5. The number of rotatable bonds is 7. The minimum Gasteiger partial charge on any atom is -0.353 e. The van der Waals surface area contributed by atoms with Crippen LogP contribution in [0, 0.1) is 5.92 Å². The highest BCUT2D eigenvalue weighted by molar-refractivity contribution is 7.99. The normalized spacial score (nSPS) is 26.9. The van der Waals surface area contributed by atoms with Gasteiger partial charge in [-0.25, -0.2) is 0 Å². The van der Waals surface area contributed by atoms with Gasteiger partial charge in [0.05, 0.1) is 0 Å². The molecule has 3 nitrogen and oxygen atoms in total. The largest absolute Gasteiger partial charge is 0.353 e. The van der Waals surface area contributed by atoms with Gasteiger partial charge in [0.15, 0.2) is 0 Å². The van der Waals surface area contributed by atoms with Crippen molar-refractivity contribution >= 4 is 17.7 Å². The molecular formula is C14H28N2OS. The van der Waals surface area contributed by atoms with Crippen LogP contribution < -0.4 is 11.1 Å². The van der Waals surface area contributed by atoms with Crippen LogP contribution in [0.4, 0.5) is 0 Å². The van der Waals surface area contributed by atoms with Gasteiger partial charge < -0.3 is 11.1 Å². The molecular weight excluding hydrogens is 244 g/mol. The lowest BCUT2D eigenvalue weighted by molar-refractivity contribution is -0.125. The second-order valence-corrected chi connectivity index (χ2v) is 6.82. The van der Waals surface area contributed by atoms with E-state index in [4.69, 9.17) is 5.73 Å². The van der Waals surface area contributed by atoms with Gasteiger partial charge >= 0.3 is 0 Å². The van der Waals surface area contributed by atoms with Gasteiger partial charge in [-0.15, -0.1) is 0 Å². The van der Waals surface area contributed by atoms with E-state index in [0.717, 1.165) is 37.4 Å². The minimum absolute atomic E-state index is 0.122. The molecule has 0 radical (unpaired) electrons. The summed E-state index contributed by atoms with van der Waals surface area (Å²) in [6, 6.07) is 0.656. The highest BCUT2D eigenvalue weighted by Crippen LogP contribution is 2.28. The van der Waals surface area contributed by atoms with Crippen molar-refractivity contribution in [2.45, 2.75) is 69.7 Å². The molecule has 1 rings (SSSR count). The third kappa shape index (κ3) is 5.61. The zero-order valence-electron chi connectivity index (χ0n) is 11.9. The van der Waals surface area contributed by atoms with E-state index in [1.54, 1.807) is 0 Å². The molecule has 0 saturated heterocycles. The quantitative estimate of drug-likeness (QED) is 0.749. The second-order valence-electron chi connectivity index (χ2n) is 5.69. The summed E-state index contributed by atoms with van der Waals surface area (Å²) in [6.45, 7) is 4.04. The number of nitrogens with one attached hydrogen (secondary N) is 1. The molecule has 0 aromatic rings. The molecule has 1 fully saturated rings. The van der Waals surface area contributed by atoms with E-state index in [-0.39, 0.29) is 17.9 Å². The third-order valence-electron chi connectivity index (χ3n) is 3.81. The van der Waals surface area contributed by atoms with Gasteiger partial charge in [-0.2, -0.15) is 11.8 Å². The Balaban J connectivity index is 2.19. The summed E-state index contributed by atoms with van der Waals surface area (Å²) < 4.78 is 0. The standard InChI is InChI=1S/C14H28N2OS/c1-10(5-4-6-11(2)15)14(17)16-12-7-8-13(9-12)18-3/h10-13H,4-9,15H2,1-3H3,(H,16,17). The average Bonchev–Trinajstić information content (AvgIpc) is 2.76. The number of nitrogens with two attached hydrogens (primary N) is 1. The topological polar surface area (TPSA) is 55.1 Å². The lowest BCUT2D eigenvalue weighted by Crippen LogP contribution is -2.36.